The van der Waals surface area contributed by atoms with E-state index in [1.165, 1.54) is 13.8 Å². The fourth-order valence-corrected chi connectivity index (χ4v) is 4.01. The molecule has 0 aromatic heterocycles. The molecule has 0 saturated carbocycles. The first-order valence-corrected chi connectivity index (χ1v) is 7.29. The summed E-state index contributed by atoms with van der Waals surface area (Å²) in [5.74, 6) is -1.70. The lowest BCUT2D eigenvalue weighted by Gasteiger charge is -2.17. The molecule has 0 bridgehead atoms. The van der Waals surface area contributed by atoms with E-state index in [9.17, 15) is 16.8 Å². The molecule has 0 aliphatic carbocycles. The van der Waals surface area contributed by atoms with Crippen molar-refractivity contribution in [3.05, 3.63) is 0 Å². The Morgan fingerprint density at radius 2 is 1.57 bits per heavy atom. The molecular weight excluding hydrogens is 230 g/mol. The average Bonchev–Trinajstić information content (AvgIpc) is 1.76. The van der Waals surface area contributed by atoms with Crippen molar-refractivity contribution >= 4 is 20.0 Å². The molecule has 0 rings (SSSR count). The molecular formula is C6H15NO5S2. The normalized spacial score (nSPS) is 14.3. The van der Waals surface area contributed by atoms with E-state index in [0.29, 0.717) is 0 Å². The van der Waals surface area contributed by atoms with E-state index in [2.05, 4.69) is 0 Å². The predicted octanol–water partition coefficient (Wildman–Crippen LogP) is -0.974. The Morgan fingerprint density at radius 1 is 1.14 bits per heavy atom. The van der Waals surface area contributed by atoms with Crippen LogP contribution in [0.5, 0.6) is 0 Å². The predicted molar refractivity (Wildman–Crippen MR) is 53.3 cm³/mol. The molecule has 3 N–H and O–H groups in total. The average molecular weight is 245 g/mol. The van der Waals surface area contributed by atoms with Gasteiger partial charge in [0.1, 0.15) is 0 Å². The Hall–Kier alpha value is -0.180. The van der Waals surface area contributed by atoms with Gasteiger partial charge in [0.05, 0.1) is 17.3 Å². The molecule has 0 atom stereocenters. The summed E-state index contributed by atoms with van der Waals surface area (Å²) in [5, 5.41) is 0. The van der Waals surface area contributed by atoms with Crippen molar-refractivity contribution in [1.29, 1.82) is 0 Å². The maximum Gasteiger partial charge on any atom is 0.265 e. The first kappa shape index (κ1) is 13.8. The molecule has 0 aromatic carbocycles. The molecule has 0 amide bonds. The zero-order valence-electron chi connectivity index (χ0n) is 8.10. The summed E-state index contributed by atoms with van der Waals surface area (Å²) in [5.41, 5.74) is 4.57. The van der Waals surface area contributed by atoms with Crippen LogP contribution in [-0.4, -0.2) is 44.2 Å². The van der Waals surface area contributed by atoms with Crippen LogP contribution in [0.25, 0.3) is 0 Å². The van der Waals surface area contributed by atoms with Gasteiger partial charge in [0.25, 0.3) is 10.1 Å². The molecule has 0 heterocycles. The smallest absolute Gasteiger partial charge is 0.265 e. The van der Waals surface area contributed by atoms with Crippen LogP contribution in [-0.2, 0) is 20.0 Å². The van der Waals surface area contributed by atoms with E-state index in [4.69, 9.17) is 10.3 Å². The lowest BCUT2D eigenvalue weighted by molar-refractivity contribution is 0.483. The highest BCUT2D eigenvalue weighted by molar-refractivity contribution is 7.93. The maximum absolute atomic E-state index is 11.2. The fraction of sp³-hybridized carbons (Fsp3) is 1.00. The van der Waals surface area contributed by atoms with Crippen LogP contribution in [0.15, 0.2) is 0 Å². The summed E-state index contributed by atoms with van der Waals surface area (Å²) in [6.45, 7) is 3.05. The molecule has 0 fully saturated rings. The summed E-state index contributed by atoms with van der Waals surface area (Å²) in [6.07, 6.45) is 0. The Morgan fingerprint density at radius 3 is 1.86 bits per heavy atom. The molecule has 14 heavy (non-hydrogen) atoms. The fourth-order valence-electron chi connectivity index (χ4n) is 0.871. The maximum atomic E-state index is 11.2. The van der Waals surface area contributed by atoms with E-state index in [1.807, 2.05) is 0 Å². The van der Waals surface area contributed by atoms with Gasteiger partial charge in [0, 0.05) is 5.54 Å². The highest BCUT2D eigenvalue weighted by Gasteiger charge is 2.23. The van der Waals surface area contributed by atoms with Crippen molar-refractivity contribution in [3.8, 4) is 0 Å². The summed E-state index contributed by atoms with van der Waals surface area (Å²) in [6, 6.07) is 0. The molecule has 6 nitrogen and oxygen atoms in total. The van der Waals surface area contributed by atoms with E-state index in [0.717, 1.165) is 0 Å². The van der Waals surface area contributed by atoms with E-state index >= 15 is 0 Å². The van der Waals surface area contributed by atoms with Crippen LogP contribution in [0.2, 0.25) is 0 Å². The van der Waals surface area contributed by atoms with Gasteiger partial charge in [-0.15, -0.1) is 0 Å². The van der Waals surface area contributed by atoms with Crippen molar-refractivity contribution in [2.75, 3.05) is 17.3 Å². The van der Waals surface area contributed by atoms with Crippen molar-refractivity contribution in [2.24, 2.45) is 5.73 Å². The highest BCUT2D eigenvalue weighted by atomic mass is 32.2. The minimum atomic E-state index is -4.23. The van der Waals surface area contributed by atoms with Gasteiger partial charge in [-0.2, -0.15) is 8.42 Å². The van der Waals surface area contributed by atoms with E-state index < -0.39 is 37.0 Å². The number of rotatable bonds is 5. The molecule has 0 aromatic rings. The van der Waals surface area contributed by atoms with Gasteiger partial charge in [0.2, 0.25) is 0 Å². The molecule has 8 heteroatoms. The van der Waals surface area contributed by atoms with Gasteiger partial charge in [-0.3, -0.25) is 4.55 Å². The summed E-state index contributed by atoms with van der Waals surface area (Å²) in [7, 11) is -7.77. The lowest BCUT2D eigenvalue weighted by atomic mass is 10.1. The van der Waals surface area contributed by atoms with Crippen molar-refractivity contribution < 1.29 is 21.4 Å². The summed E-state index contributed by atoms with van der Waals surface area (Å²) >= 11 is 0. The van der Waals surface area contributed by atoms with E-state index in [1.54, 1.807) is 0 Å². The van der Waals surface area contributed by atoms with Crippen LogP contribution in [0, 0.1) is 0 Å². The lowest BCUT2D eigenvalue weighted by Crippen LogP contribution is -2.41. The number of sulfone groups is 1. The Kier molecular flexibility index (Phi) is 4.08. The minimum absolute atomic E-state index is 0.310. The van der Waals surface area contributed by atoms with Crippen molar-refractivity contribution in [3.63, 3.8) is 0 Å². The first-order chi connectivity index (χ1) is 5.91. The zero-order chi connectivity index (χ0) is 11.6. The largest absolute Gasteiger partial charge is 0.325 e. The molecule has 0 radical (unpaired) electrons. The molecule has 0 unspecified atom stereocenters. The SMILES string of the molecule is CC(C)(N)CS(=O)(=O)CCS(=O)(=O)O. The molecule has 0 aliphatic rings. The van der Waals surface area contributed by atoms with Crippen LogP contribution < -0.4 is 5.73 Å². The molecule has 0 spiro atoms. The van der Waals surface area contributed by atoms with Gasteiger partial charge in [-0.1, -0.05) is 0 Å². The van der Waals surface area contributed by atoms with Gasteiger partial charge in [-0.25, -0.2) is 8.42 Å². The topological polar surface area (TPSA) is 115 Å². The van der Waals surface area contributed by atoms with Gasteiger partial charge in [0.15, 0.2) is 9.84 Å². The van der Waals surface area contributed by atoms with Gasteiger partial charge in [-0.05, 0) is 13.8 Å². The molecule has 0 saturated heterocycles. The van der Waals surface area contributed by atoms with Crippen molar-refractivity contribution in [1.82, 2.24) is 0 Å². The van der Waals surface area contributed by atoms with Crippen LogP contribution >= 0.6 is 0 Å². The second kappa shape index (κ2) is 4.13. The third-order valence-corrected chi connectivity index (χ3v) is 4.23. The standard InChI is InChI=1S/C6H15NO5S2/c1-6(2,7)5-13(8,9)3-4-14(10,11)12/h3-5,7H2,1-2H3,(H,10,11,12). The molecule has 86 valence electrons. The van der Waals surface area contributed by atoms with Crippen molar-refractivity contribution in [2.45, 2.75) is 19.4 Å². The second-order valence-corrected chi connectivity index (χ2v) is 7.62. The third kappa shape index (κ3) is 8.42. The molecule has 0 aliphatic heterocycles. The first-order valence-electron chi connectivity index (χ1n) is 3.86. The van der Waals surface area contributed by atoms with Crippen LogP contribution in [0.1, 0.15) is 13.8 Å². The van der Waals surface area contributed by atoms with E-state index in [-0.39, 0.29) is 5.75 Å². The third-order valence-electron chi connectivity index (χ3n) is 1.24. The summed E-state index contributed by atoms with van der Waals surface area (Å²) < 4.78 is 51.4. The monoisotopic (exact) mass is 245 g/mol. The van der Waals surface area contributed by atoms with Crippen LogP contribution in [0.4, 0.5) is 0 Å². The van der Waals surface area contributed by atoms with Crippen LogP contribution in [0.3, 0.4) is 0 Å². The van der Waals surface area contributed by atoms with Gasteiger partial charge < -0.3 is 5.73 Å². The Bertz CT molecular complexity index is 375. The Labute approximate surface area is 84.2 Å². The number of hydrogen-bond donors (Lipinski definition) is 2. The minimum Gasteiger partial charge on any atom is -0.325 e. The second-order valence-electron chi connectivity index (χ2n) is 3.87. The van der Waals surface area contributed by atoms with Gasteiger partial charge >= 0.3 is 0 Å². The summed E-state index contributed by atoms with van der Waals surface area (Å²) in [4.78, 5) is 0. The number of hydrogen-bond acceptors (Lipinski definition) is 5. The Balaban J connectivity index is 4.39. The number of nitrogens with two attached hydrogens (primary N) is 1. The quantitative estimate of drug-likeness (QED) is 0.602. The zero-order valence-corrected chi connectivity index (χ0v) is 9.73. The highest BCUT2D eigenvalue weighted by Crippen LogP contribution is 2.04.